The Morgan fingerprint density at radius 1 is 1.03 bits per heavy atom. The number of fused-ring (bicyclic) bond motifs is 1. The van der Waals surface area contributed by atoms with Crippen molar-refractivity contribution in [1.29, 1.82) is 0 Å². The first-order valence-corrected chi connectivity index (χ1v) is 12.1. The predicted octanol–water partition coefficient (Wildman–Crippen LogP) is 5.14. The van der Waals surface area contributed by atoms with E-state index in [1.807, 2.05) is 53.4 Å². The summed E-state index contributed by atoms with van der Waals surface area (Å²) in [6.07, 6.45) is 1.90. The second-order valence-corrected chi connectivity index (χ2v) is 9.36. The van der Waals surface area contributed by atoms with Crippen LogP contribution in [0, 0.1) is 11.7 Å². The SMILES string of the molecule is C[C@H](Oc1ccc2c(c1)[C@H](c1ccc(F)cc1)N(C(=O)C1CC1)CC2)C(=O)N(C)c1ccccc1. The van der Waals surface area contributed by atoms with Gasteiger partial charge in [-0.15, -0.1) is 0 Å². The zero-order valence-corrected chi connectivity index (χ0v) is 20.0. The second kappa shape index (κ2) is 9.53. The molecule has 0 saturated heterocycles. The highest BCUT2D eigenvalue weighted by Gasteiger charge is 2.39. The molecule has 1 saturated carbocycles. The molecule has 0 spiro atoms. The van der Waals surface area contributed by atoms with Gasteiger partial charge in [0.15, 0.2) is 6.10 Å². The summed E-state index contributed by atoms with van der Waals surface area (Å²) in [5, 5.41) is 0. The van der Waals surface area contributed by atoms with E-state index in [0.717, 1.165) is 41.6 Å². The number of nitrogens with zero attached hydrogens (tertiary/aromatic N) is 2. The number of amides is 2. The lowest BCUT2D eigenvalue weighted by molar-refractivity contribution is -0.134. The van der Waals surface area contributed by atoms with Crippen LogP contribution in [0.3, 0.4) is 0 Å². The molecule has 6 heteroatoms. The van der Waals surface area contributed by atoms with Crippen LogP contribution in [0.25, 0.3) is 0 Å². The maximum atomic E-state index is 13.7. The van der Waals surface area contributed by atoms with Gasteiger partial charge in [-0.1, -0.05) is 36.4 Å². The molecular weight excluding hydrogens is 443 g/mol. The van der Waals surface area contributed by atoms with Crippen molar-refractivity contribution in [2.45, 2.75) is 38.3 Å². The summed E-state index contributed by atoms with van der Waals surface area (Å²) in [6.45, 7) is 2.36. The maximum absolute atomic E-state index is 13.7. The number of carbonyl (C=O) groups is 2. The number of hydrogen-bond donors (Lipinski definition) is 0. The number of rotatable bonds is 6. The molecule has 3 aromatic rings. The molecule has 0 bridgehead atoms. The molecule has 0 aromatic heterocycles. The smallest absolute Gasteiger partial charge is 0.267 e. The number of carbonyl (C=O) groups excluding carboxylic acids is 2. The van der Waals surface area contributed by atoms with Gasteiger partial charge in [0.05, 0.1) is 6.04 Å². The fraction of sp³-hybridized carbons (Fsp3) is 0.310. The lowest BCUT2D eigenvalue weighted by Gasteiger charge is -2.38. The van der Waals surface area contributed by atoms with Gasteiger partial charge in [0.25, 0.3) is 5.91 Å². The molecule has 5 rings (SSSR count). The maximum Gasteiger partial charge on any atom is 0.267 e. The van der Waals surface area contributed by atoms with Gasteiger partial charge >= 0.3 is 0 Å². The zero-order chi connectivity index (χ0) is 24.5. The molecule has 180 valence electrons. The summed E-state index contributed by atoms with van der Waals surface area (Å²) in [5.74, 6) is 0.347. The normalized spacial score (nSPS) is 17.9. The summed E-state index contributed by atoms with van der Waals surface area (Å²) in [5.41, 5.74) is 3.76. The molecule has 1 heterocycles. The summed E-state index contributed by atoms with van der Waals surface area (Å²) in [4.78, 5) is 29.7. The highest BCUT2D eigenvalue weighted by atomic mass is 19.1. The topological polar surface area (TPSA) is 49.9 Å². The molecule has 35 heavy (non-hydrogen) atoms. The predicted molar refractivity (Wildman–Crippen MR) is 133 cm³/mol. The van der Waals surface area contributed by atoms with E-state index < -0.39 is 6.10 Å². The number of anilines is 1. The number of halogens is 1. The van der Waals surface area contributed by atoms with Crippen molar-refractivity contribution in [2.24, 2.45) is 5.92 Å². The van der Waals surface area contributed by atoms with E-state index >= 15 is 0 Å². The molecule has 1 aliphatic carbocycles. The van der Waals surface area contributed by atoms with Crippen molar-refractivity contribution in [3.8, 4) is 5.75 Å². The number of likely N-dealkylation sites (N-methyl/N-ethyl adjacent to an activating group) is 1. The first kappa shape index (κ1) is 23.1. The van der Waals surface area contributed by atoms with Crippen LogP contribution >= 0.6 is 0 Å². The van der Waals surface area contributed by atoms with E-state index in [4.69, 9.17) is 4.74 Å². The lowest BCUT2D eigenvalue weighted by Crippen LogP contribution is -2.41. The van der Waals surface area contributed by atoms with E-state index in [0.29, 0.717) is 12.3 Å². The Hall–Kier alpha value is -3.67. The van der Waals surface area contributed by atoms with Crippen molar-refractivity contribution in [1.82, 2.24) is 4.90 Å². The Morgan fingerprint density at radius 3 is 2.43 bits per heavy atom. The summed E-state index contributed by atoms with van der Waals surface area (Å²) in [6, 6.07) is 21.3. The van der Waals surface area contributed by atoms with Gasteiger partial charge in [0.1, 0.15) is 11.6 Å². The molecule has 0 N–H and O–H groups in total. The third kappa shape index (κ3) is 4.78. The van der Waals surface area contributed by atoms with Crippen molar-refractivity contribution < 1.29 is 18.7 Å². The third-order valence-electron chi connectivity index (χ3n) is 6.88. The Kier molecular flexibility index (Phi) is 6.29. The monoisotopic (exact) mass is 472 g/mol. The van der Waals surface area contributed by atoms with Gasteiger partial charge in [0, 0.05) is 25.2 Å². The lowest BCUT2D eigenvalue weighted by atomic mass is 9.87. The fourth-order valence-electron chi connectivity index (χ4n) is 4.78. The van der Waals surface area contributed by atoms with Gasteiger partial charge < -0.3 is 14.5 Å². The molecule has 2 amide bonds. The number of ether oxygens (including phenoxy) is 1. The van der Waals surface area contributed by atoms with E-state index in [2.05, 4.69) is 0 Å². The van der Waals surface area contributed by atoms with Crippen LogP contribution < -0.4 is 9.64 Å². The first-order chi connectivity index (χ1) is 16.9. The quantitative estimate of drug-likeness (QED) is 0.499. The van der Waals surface area contributed by atoms with Crippen LogP contribution in [-0.4, -0.2) is 36.4 Å². The minimum atomic E-state index is -0.699. The van der Waals surface area contributed by atoms with Crippen LogP contribution in [0.4, 0.5) is 10.1 Å². The molecule has 3 aromatic carbocycles. The van der Waals surface area contributed by atoms with Crippen molar-refractivity contribution in [3.05, 3.63) is 95.3 Å². The Bertz CT molecular complexity index is 1220. The van der Waals surface area contributed by atoms with E-state index in [9.17, 15) is 14.0 Å². The summed E-state index contributed by atoms with van der Waals surface area (Å²) < 4.78 is 19.8. The van der Waals surface area contributed by atoms with Crippen molar-refractivity contribution in [3.63, 3.8) is 0 Å². The van der Waals surface area contributed by atoms with Crippen LogP contribution in [0.5, 0.6) is 5.75 Å². The van der Waals surface area contributed by atoms with E-state index in [1.54, 1.807) is 31.0 Å². The molecule has 5 nitrogen and oxygen atoms in total. The highest BCUT2D eigenvalue weighted by Crippen LogP contribution is 2.41. The molecule has 1 aliphatic heterocycles. The molecular formula is C29H29FN2O3. The number of para-hydroxylation sites is 1. The molecule has 0 radical (unpaired) electrons. The van der Waals surface area contributed by atoms with Gasteiger partial charge in [-0.25, -0.2) is 4.39 Å². The van der Waals surface area contributed by atoms with Gasteiger partial charge in [0.2, 0.25) is 5.91 Å². The third-order valence-corrected chi connectivity index (χ3v) is 6.88. The number of benzene rings is 3. The van der Waals surface area contributed by atoms with E-state index in [1.165, 1.54) is 12.1 Å². The van der Waals surface area contributed by atoms with Crippen LogP contribution in [-0.2, 0) is 16.0 Å². The average Bonchev–Trinajstić information content (AvgIpc) is 3.73. The highest BCUT2D eigenvalue weighted by molar-refractivity contribution is 5.96. The largest absolute Gasteiger partial charge is 0.481 e. The van der Waals surface area contributed by atoms with E-state index in [-0.39, 0.29) is 29.6 Å². The standard InChI is InChI=1S/C29H29FN2O3/c1-19(28(33)31(2)24-6-4-3-5-7-24)35-25-15-12-20-16-17-32(29(34)22-8-9-22)27(26(20)18-25)21-10-13-23(30)14-11-21/h3-7,10-15,18-19,22,27H,8-9,16-17H2,1-2H3/t19-,27-/m0/s1. The zero-order valence-electron chi connectivity index (χ0n) is 20.0. The molecule has 2 aliphatic rings. The van der Waals surface area contributed by atoms with Crippen LogP contribution in [0.1, 0.15) is 42.5 Å². The fourth-order valence-corrected chi connectivity index (χ4v) is 4.78. The van der Waals surface area contributed by atoms with Crippen LogP contribution in [0.15, 0.2) is 72.8 Å². The van der Waals surface area contributed by atoms with Crippen molar-refractivity contribution >= 4 is 17.5 Å². The van der Waals surface area contributed by atoms with Gasteiger partial charge in [-0.2, -0.15) is 0 Å². The van der Waals surface area contributed by atoms with Gasteiger partial charge in [-0.3, -0.25) is 9.59 Å². The number of hydrogen-bond acceptors (Lipinski definition) is 3. The Balaban J connectivity index is 1.43. The van der Waals surface area contributed by atoms with Crippen LogP contribution in [0.2, 0.25) is 0 Å². The summed E-state index contributed by atoms with van der Waals surface area (Å²) in [7, 11) is 1.73. The van der Waals surface area contributed by atoms with Gasteiger partial charge in [-0.05, 0) is 79.3 Å². The molecule has 2 atom stereocenters. The Morgan fingerprint density at radius 2 is 1.74 bits per heavy atom. The Labute approximate surface area is 205 Å². The average molecular weight is 473 g/mol. The molecule has 1 fully saturated rings. The molecule has 0 unspecified atom stereocenters. The second-order valence-electron chi connectivity index (χ2n) is 9.36. The summed E-state index contributed by atoms with van der Waals surface area (Å²) >= 11 is 0. The first-order valence-electron chi connectivity index (χ1n) is 12.1. The minimum absolute atomic E-state index is 0.0881. The van der Waals surface area contributed by atoms with Crippen molar-refractivity contribution in [2.75, 3.05) is 18.5 Å². The minimum Gasteiger partial charge on any atom is -0.481 e.